The highest BCUT2D eigenvalue weighted by Crippen LogP contribution is 2.24. The van der Waals surface area contributed by atoms with Gasteiger partial charge in [-0.2, -0.15) is 0 Å². The number of nitrogens with zero attached hydrogens (tertiary/aromatic N) is 1. The fraction of sp³-hybridized carbons (Fsp3) is 0.125. The van der Waals surface area contributed by atoms with Gasteiger partial charge in [-0.15, -0.1) is 0 Å². The standard InChI is InChI=1S/C9H10ClNO2.C7H5ClO3/c1-11(2)9(13)6-3-4-8(12)7(10)5-6;8-5-3-4(7(10)11)1-2-6(5)9/h3-5,12H,1-2H3;1-3,9H,(H,10,11). The number of phenols is 2. The molecule has 128 valence electrons. The number of carboxylic acids is 1. The van der Waals surface area contributed by atoms with Gasteiger partial charge in [-0.3, -0.25) is 4.79 Å². The van der Waals surface area contributed by atoms with Crippen LogP contribution in [0.5, 0.6) is 11.5 Å². The Morgan fingerprint density at radius 2 is 1.29 bits per heavy atom. The number of aromatic carboxylic acids is 1. The van der Waals surface area contributed by atoms with E-state index >= 15 is 0 Å². The molecule has 8 heteroatoms. The molecule has 3 N–H and O–H groups in total. The molecule has 2 rings (SSSR count). The monoisotopic (exact) mass is 371 g/mol. The van der Waals surface area contributed by atoms with E-state index in [0.29, 0.717) is 5.56 Å². The third kappa shape index (κ3) is 5.33. The highest BCUT2D eigenvalue weighted by molar-refractivity contribution is 6.32. The molecule has 0 saturated carbocycles. The quantitative estimate of drug-likeness (QED) is 0.750. The van der Waals surface area contributed by atoms with Crippen LogP contribution in [0, 0.1) is 0 Å². The zero-order valence-corrected chi connectivity index (χ0v) is 14.3. The van der Waals surface area contributed by atoms with Crippen LogP contribution >= 0.6 is 23.2 Å². The maximum atomic E-state index is 11.4. The van der Waals surface area contributed by atoms with Gasteiger partial charge < -0.3 is 20.2 Å². The normalized spacial score (nSPS) is 9.67. The van der Waals surface area contributed by atoms with E-state index in [1.54, 1.807) is 14.1 Å². The van der Waals surface area contributed by atoms with E-state index in [-0.39, 0.29) is 33.0 Å². The number of carboxylic acid groups (broad SMARTS) is 1. The maximum absolute atomic E-state index is 11.4. The summed E-state index contributed by atoms with van der Waals surface area (Å²) in [4.78, 5) is 23.2. The van der Waals surface area contributed by atoms with Crippen molar-refractivity contribution in [2.45, 2.75) is 0 Å². The van der Waals surface area contributed by atoms with Crippen LogP contribution in [0.1, 0.15) is 20.7 Å². The van der Waals surface area contributed by atoms with Crippen molar-refractivity contribution in [1.82, 2.24) is 4.90 Å². The lowest BCUT2D eigenvalue weighted by Crippen LogP contribution is -2.21. The second kappa shape index (κ2) is 8.42. The molecule has 0 aliphatic carbocycles. The molecule has 6 nitrogen and oxygen atoms in total. The average Bonchev–Trinajstić information content (AvgIpc) is 2.52. The van der Waals surface area contributed by atoms with E-state index in [1.807, 2.05) is 0 Å². The Balaban J connectivity index is 0.000000243. The van der Waals surface area contributed by atoms with Gasteiger partial charge in [0.15, 0.2) is 0 Å². The summed E-state index contributed by atoms with van der Waals surface area (Å²) >= 11 is 11.1. The molecular formula is C16H15Cl2NO5. The van der Waals surface area contributed by atoms with Gasteiger partial charge in [0.25, 0.3) is 5.91 Å². The molecule has 0 bridgehead atoms. The number of halogens is 2. The van der Waals surface area contributed by atoms with Crippen molar-refractivity contribution >= 4 is 35.1 Å². The third-order valence-electron chi connectivity index (χ3n) is 2.80. The van der Waals surface area contributed by atoms with E-state index in [1.165, 1.54) is 41.3 Å². The number of carbonyl (C=O) groups is 2. The minimum absolute atomic E-state index is 0.0167. The van der Waals surface area contributed by atoms with Crippen LogP contribution in [0.4, 0.5) is 0 Å². The topological polar surface area (TPSA) is 98.1 Å². The number of hydrogen-bond donors (Lipinski definition) is 3. The number of amides is 1. The van der Waals surface area contributed by atoms with Gasteiger partial charge in [0.1, 0.15) is 11.5 Å². The fourth-order valence-corrected chi connectivity index (χ4v) is 1.90. The van der Waals surface area contributed by atoms with Crippen LogP contribution in [-0.2, 0) is 0 Å². The van der Waals surface area contributed by atoms with Crippen LogP contribution in [0.25, 0.3) is 0 Å². The molecule has 0 atom stereocenters. The molecule has 0 heterocycles. The molecule has 0 fully saturated rings. The molecule has 2 aromatic rings. The van der Waals surface area contributed by atoms with Gasteiger partial charge in [-0.1, -0.05) is 23.2 Å². The maximum Gasteiger partial charge on any atom is 0.335 e. The SMILES string of the molecule is CN(C)C(=O)c1ccc(O)c(Cl)c1.O=C(O)c1ccc(O)c(Cl)c1. The number of aromatic hydroxyl groups is 2. The van der Waals surface area contributed by atoms with E-state index in [9.17, 15) is 9.59 Å². The number of phenolic OH excluding ortho intramolecular Hbond substituents is 2. The van der Waals surface area contributed by atoms with E-state index in [4.69, 9.17) is 38.5 Å². The van der Waals surface area contributed by atoms with Gasteiger partial charge in [-0.05, 0) is 36.4 Å². The molecule has 0 aliphatic heterocycles. The lowest BCUT2D eigenvalue weighted by atomic mass is 10.2. The molecule has 0 aromatic heterocycles. The van der Waals surface area contributed by atoms with Crippen LogP contribution < -0.4 is 0 Å². The average molecular weight is 372 g/mol. The Morgan fingerprint density at radius 1 is 0.875 bits per heavy atom. The van der Waals surface area contributed by atoms with Crippen LogP contribution in [0.15, 0.2) is 36.4 Å². The second-order valence-electron chi connectivity index (χ2n) is 4.84. The van der Waals surface area contributed by atoms with Gasteiger partial charge in [-0.25, -0.2) is 4.79 Å². The summed E-state index contributed by atoms with van der Waals surface area (Å²) in [5.41, 5.74) is 0.528. The minimum atomic E-state index is -1.06. The molecule has 0 saturated heterocycles. The van der Waals surface area contributed by atoms with Crippen molar-refractivity contribution < 1.29 is 24.9 Å². The van der Waals surface area contributed by atoms with Crippen LogP contribution in [0.2, 0.25) is 10.0 Å². The first-order chi connectivity index (χ1) is 11.1. The molecule has 1 amide bonds. The first-order valence-electron chi connectivity index (χ1n) is 6.55. The predicted molar refractivity (Wildman–Crippen MR) is 91.2 cm³/mol. The summed E-state index contributed by atoms with van der Waals surface area (Å²) in [6, 6.07) is 8.09. The number of carbonyl (C=O) groups excluding carboxylic acids is 1. The zero-order chi connectivity index (χ0) is 18.4. The Bertz CT molecular complexity index is 762. The molecular weight excluding hydrogens is 357 g/mol. The number of benzene rings is 2. The third-order valence-corrected chi connectivity index (χ3v) is 3.40. The van der Waals surface area contributed by atoms with E-state index < -0.39 is 5.97 Å². The van der Waals surface area contributed by atoms with Crippen molar-refractivity contribution in [3.05, 3.63) is 57.6 Å². The summed E-state index contributed by atoms with van der Waals surface area (Å²) in [6.45, 7) is 0. The first kappa shape index (κ1) is 19.6. The smallest absolute Gasteiger partial charge is 0.335 e. The molecule has 0 unspecified atom stereocenters. The highest BCUT2D eigenvalue weighted by Gasteiger charge is 2.09. The summed E-state index contributed by atoms with van der Waals surface area (Å²) in [5, 5.41) is 26.7. The van der Waals surface area contributed by atoms with E-state index in [2.05, 4.69) is 0 Å². The minimum Gasteiger partial charge on any atom is -0.506 e. The van der Waals surface area contributed by atoms with Gasteiger partial charge in [0.05, 0.1) is 15.6 Å². The Morgan fingerprint density at radius 3 is 1.67 bits per heavy atom. The van der Waals surface area contributed by atoms with Gasteiger partial charge in [0, 0.05) is 19.7 Å². The van der Waals surface area contributed by atoms with Crippen LogP contribution in [0.3, 0.4) is 0 Å². The summed E-state index contributed by atoms with van der Waals surface area (Å²) in [7, 11) is 3.31. The molecule has 0 aliphatic rings. The summed E-state index contributed by atoms with van der Waals surface area (Å²) in [5.74, 6) is -1.33. The summed E-state index contributed by atoms with van der Waals surface area (Å²) in [6.07, 6.45) is 0. The Labute approximate surface area is 148 Å². The van der Waals surface area contributed by atoms with Crippen molar-refractivity contribution in [3.8, 4) is 11.5 Å². The largest absolute Gasteiger partial charge is 0.506 e. The first-order valence-corrected chi connectivity index (χ1v) is 7.31. The second-order valence-corrected chi connectivity index (χ2v) is 5.65. The van der Waals surface area contributed by atoms with Crippen molar-refractivity contribution in [2.24, 2.45) is 0 Å². The molecule has 0 radical (unpaired) electrons. The lowest BCUT2D eigenvalue weighted by molar-refractivity contribution is 0.0696. The Kier molecular flexibility index (Phi) is 6.88. The number of hydrogen-bond acceptors (Lipinski definition) is 4. The Hall–Kier alpha value is -2.44. The molecule has 24 heavy (non-hydrogen) atoms. The summed E-state index contributed by atoms with van der Waals surface area (Å²) < 4.78 is 0. The van der Waals surface area contributed by atoms with E-state index in [0.717, 1.165) is 0 Å². The zero-order valence-electron chi connectivity index (χ0n) is 12.8. The molecule has 0 spiro atoms. The van der Waals surface area contributed by atoms with Crippen molar-refractivity contribution in [3.63, 3.8) is 0 Å². The van der Waals surface area contributed by atoms with Crippen molar-refractivity contribution in [1.29, 1.82) is 0 Å². The lowest BCUT2D eigenvalue weighted by Gasteiger charge is -2.10. The highest BCUT2D eigenvalue weighted by atomic mass is 35.5. The number of rotatable bonds is 2. The van der Waals surface area contributed by atoms with Gasteiger partial charge >= 0.3 is 5.97 Å². The van der Waals surface area contributed by atoms with Crippen molar-refractivity contribution in [2.75, 3.05) is 14.1 Å². The van der Waals surface area contributed by atoms with Gasteiger partial charge in [0.2, 0.25) is 0 Å². The fourth-order valence-electron chi connectivity index (χ4n) is 1.54. The van der Waals surface area contributed by atoms with Crippen LogP contribution in [-0.4, -0.2) is 46.2 Å². The predicted octanol–water partition coefficient (Wildman–Crippen LogP) is 3.49. The molecule has 2 aromatic carbocycles.